The summed E-state index contributed by atoms with van der Waals surface area (Å²) >= 11 is 0. The Labute approximate surface area is 163 Å². The van der Waals surface area contributed by atoms with Gasteiger partial charge in [0.15, 0.2) is 0 Å². The molecule has 5 heteroatoms. The first kappa shape index (κ1) is 19.9. The summed E-state index contributed by atoms with van der Waals surface area (Å²) in [5.41, 5.74) is 2.14. The summed E-state index contributed by atoms with van der Waals surface area (Å²) in [5, 5.41) is 9.70. The van der Waals surface area contributed by atoms with Gasteiger partial charge >= 0.3 is 0 Å². The van der Waals surface area contributed by atoms with Gasteiger partial charge in [-0.25, -0.2) is 0 Å². The molecule has 0 spiro atoms. The molecule has 1 amide bonds. The van der Waals surface area contributed by atoms with Crippen molar-refractivity contribution in [3.63, 3.8) is 0 Å². The van der Waals surface area contributed by atoms with E-state index in [4.69, 9.17) is 0 Å². The molecule has 0 unspecified atom stereocenters. The maximum Gasteiger partial charge on any atom is 0.237 e. The summed E-state index contributed by atoms with van der Waals surface area (Å²) in [6.45, 7) is 7.35. The van der Waals surface area contributed by atoms with Gasteiger partial charge in [0.25, 0.3) is 0 Å². The lowest BCUT2D eigenvalue weighted by Gasteiger charge is -2.41. The number of carbonyl (C=O) groups excluding carboxylic acids is 1. The van der Waals surface area contributed by atoms with Crippen molar-refractivity contribution in [3.8, 4) is 6.07 Å². The van der Waals surface area contributed by atoms with Crippen LogP contribution in [0.25, 0.3) is 0 Å². The van der Waals surface area contributed by atoms with E-state index in [-0.39, 0.29) is 5.91 Å². The fourth-order valence-corrected chi connectivity index (χ4v) is 4.33. The van der Waals surface area contributed by atoms with Gasteiger partial charge in [-0.3, -0.25) is 14.6 Å². The average molecular weight is 369 g/mol. The summed E-state index contributed by atoms with van der Waals surface area (Å²) in [6, 6.07) is 11.0. The molecule has 1 aliphatic heterocycles. The molecule has 1 saturated heterocycles. The van der Waals surface area contributed by atoms with Crippen molar-refractivity contribution in [2.45, 2.75) is 51.1 Å². The fourth-order valence-electron chi connectivity index (χ4n) is 4.33. The molecule has 1 heterocycles. The molecule has 1 saturated carbocycles. The number of likely N-dealkylation sites (N-methyl/N-ethyl adjacent to an activating group) is 1. The molecule has 0 aromatic heterocycles. The smallest absolute Gasteiger partial charge is 0.237 e. The highest BCUT2D eigenvalue weighted by molar-refractivity contribution is 5.79. The first-order chi connectivity index (χ1) is 13.0. The van der Waals surface area contributed by atoms with E-state index in [1.54, 1.807) is 4.90 Å². The third kappa shape index (κ3) is 4.69. The molecule has 1 aliphatic carbocycles. The molecule has 146 valence electrons. The predicted octanol–water partition coefficient (Wildman–Crippen LogP) is 2.80. The third-order valence-corrected chi connectivity index (χ3v) is 6.38. The first-order valence-electron chi connectivity index (χ1n) is 10.2. The van der Waals surface area contributed by atoms with Crippen LogP contribution in [0.3, 0.4) is 0 Å². The zero-order valence-electron chi connectivity index (χ0n) is 16.8. The number of hydrogen-bond donors (Lipinski definition) is 0. The van der Waals surface area contributed by atoms with E-state index in [1.165, 1.54) is 17.5 Å². The standard InChI is InChI=1S/C22H32N4O/c1-19-8-4-5-9-20(19)16-25-12-14-26(15-13-25)17-21(27)24(2)22(18-23)10-6-3-7-11-22/h4-5,8-9H,3,6-7,10-17H2,1-2H3. The van der Waals surface area contributed by atoms with Crippen LogP contribution < -0.4 is 0 Å². The minimum Gasteiger partial charge on any atom is -0.326 e. The van der Waals surface area contributed by atoms with Gasteiger partial charge in [-0.15, -0.1) is 0 Å². The number of amides is 1. The Morgan fingerprint density at radius 2 is 1.74 bits per heavy atom. The van der Waals surface area contributed by atoms with Crippen molar-refractivity contribution < 1.29 is 4.79 Å². The molecule has 0 bridgehead atoms. The minimum absolute atomic E-state index is 0.0887. The highest BCUT2D eigenvalue weighted by Gasteiger charge is 2.39. The Morgan fingerprint density at radius 3 is 2.37 bits per heavy atom. The number of nitriles is 1. The second-order valence-corrected chi connectivity index (χ2v) is 8.14. The van der Waals surface area contributed by atoms with Gasteiger partial charge in [0.1, 0.15) is 5.54 Å². The van der Waals surface area contributed by atoms with Crippen LogP contribution in [0, 0.1) is 18.3 Å². The Bertz CT molecular complexity index is 682. The number of hydrogen-bond acceptors (Lipinski definition) is 4. The summed E-state index contributed by atoms with van der Waals surface area (Å²) in [7, 11) is 1.82. The molecule has 5 nitrogen and oxygen atoms in total. The number of aryl methyl sites for hydroxylation is 1. The van der Waals surface area contributed by atoms with E-state index in [1.807, 2.05) is 7.05 Å². The van der Waals surface area contributed by atoms with Crippen molar-refractivity contribution in [1.29, 1.82) is 5.26 Å². The summed E-state index contributed by atoms with van der Waals surface area (Å²) < 4.78 is 0. The maximum atomic E-state index is 12.8. The van der Waals surface area contributed by atoms with E-state index in [2.05, 4.69) is 47.1 Å². The third-order valence-electron chi connectivity index (χ3n) is 6.38. The van der Waals surface area contributed by atoms with Gasteiger partial charge in [0.05, 0.1) is 12.6 Å². The van der Waals surface area contributed by atoms with Gasteiger partial charge in [-0.2, -0.15) is 5.26 Å². The molecule has 27 heavy (non-hydrogen) atoms. The van der Waals surface area contributed by atoms with Crippen LogP contribution in [0.4, 0.5) is 0 Å². The average Bonchev–Trinajstić information content (AvgIpc) is 2.71. The summed E-state index contributed by atoms with van der Waals surface area (Å²) in [6.07, 6.45) is 4.89. The van der Waals surface area contributed by atoms with E-state index < -0.39 is 5.54 Å². The van der Waals surface area contributed by atoms with Gasteiger partial charge in [-0.05, 0) is 30.9 Å². The van der Waals surface area contributed by atoms with Crippen LogP contribution in [-0.2, 0) is 11.3 Å². The number of carbonyl (C=O) groups is 1. The Kier molecular flexibility index (Phi) is 6.51. The van der Waals surface area contributed by atoms with Gasteiger partial charge in [-0.1, -0.05) is 43.5 Å². The first-order valence-corrected chi connectivity index (χ1v) is 10.2. The highest BCUT2D eigenvalue weighted by atomic mass is 16.2. The van der Waals surface area contributed by atoms with Crippen LogP contribution in [0.15, 0.2) is 24.3 Å². The SMILES string of the molecule is Cc1ccccc1CN1CCN(CC(=O)N(C)C2(C#N)CCCCC2)CC1. The van der Waals surface area contributed by atoms with Gasteiger partial charge in [0, 0.05) is 39.8 Å². The van der Waals surface area contributed by atoms with Crippen molar-refractivity contribution in [1.82, 2.24) is 14.7 Å². The van der Waals surface area contributed by atoms with E-state index in [9.17, 15) is 10.1 Å². The van der Waals surface area contributed by atoms with Crippen molar-refractivity contribution >= 4 is 5.91 Å². The van der Waals surface area contributed by atoms with Crippen LogP contribution in [-0.4, -0.2) is 65.9 Å². The molecule has 1 aromatic carbocycles. The quantitative estimate of drug-likeness (QED) is 0.802. The largest absolute Gasteiger partial charge is 0.326 e. The lowest BCUT2D eigenvalue weighted by Crippen LogP contribution is -2.54. The van der Waals surface area contributed by atoms with Crippen LogP contribution in [0.5, 0.6) is 0 Å². The molecule has 0 N–H and O–H groups in total. The molecule has 2 aliphatic rings. The van der Waals surface area contributed by atoms with Crippen LogP contribution >= 0.6 is 0 Å². The number of rotatable bonds is 5. The Morgan fingerprint density at radius 1 is 1.11 bits per heavy atom. The highest BCUT2D eigenvalue weighted by Crippen LogP contribution is 2.32. The van der Waals surface area contributed by atoms with Crippen LogP contribution in [0.2, 0.25) is 0 Å². The van der Waals surface area contributed by atoms with E-state index >= 15 is 0 Å². The second-order valence-electron chi connectivity index (χ2n) is 8.14. The van der Waals surface area contributed by atoms with Crippen molar-refractivity contribution in [2.24, 2.45) is 0 Å². The van der Waals surface area contributed by atoms with Crippen molar-refractivity contribution in [2.75, 3.05) is 39.8 Å². The second kappa shape index (κ2) is 8.86. The van der Waals surface area contributed by atoms with Gasteiger partial charge < -0.3 is 4.90 Å². The molecule has 0 radical (unpaired) electrons. The summed E-state index contributed by atoms with van der Waals surface area (Å²) in [5.74, 6) is 0.0887. The lowest BCUT2D eigenvalue weighted by atomic mass is 9.81. The maximum absolute atomic E-state index is 12.8. The normalized spacial score (nSPS) is 20.8. The predicted molar refractivity (Wildman–Crippen MR) is 107 cm³/mol. The number of nitrogens with zero attached hydrogens (tertiary/aromatic N) is 4. The molecule has 0 atom stereocenters. The molecule has 1 aromatic rings. The minimum atomic E-state index is -0.581. The fraction of sp³-hybridized carbons (Fsp3) is 0.636. The van der Waals surface area contributed by atoms with Crippen molar-refractivity contribution in [3.05, 3.63) is 35.4 Å². The zero-order valence-corrected chi connectivity index (χ0v) is 16.8. The Hall–Kier alpha value is -1.90. The molecular formula is C22H32N4O. The lowest BCUT2D eigenvalue weighted by molar-refractivity contribution is -0.136. The molecular weight excluding hydrogens is 336 g/mol. The van der Waals surface area contributed by atoms with Gasteiger partial charge in [0.2, 0.25) is 5.91 Å². The zero-order chi connectivity index (χ0) is 19.3. The number of benzene rings is 1. The van der Waals surface area contributed by atoms with E-state index in [0.717, 1.165) is 58.4 Å². The monoisotopic (exact) mass is 368 g/mol. The topological polar surface area (TPSA) is 50.6 Å². The van der Waals surface area contributed by atoms with Crippen LogP contribution in [0.1, 0.15) is 43.2 Å². The molecule has 3 rings (SSSR count). The Balaban J connectivity index is 1.49. The summed E-state index contributed by atoms with van der Waals surface area (Å²) in [4.78, 5) is 19.3. The van der Waals surface area contributed by atoms with E-state index in [0.29, 0.717) is 6.54 Å². The number of piperazine rings is 1. The molecule has 2 fully saturated rings.